The number of nitrogens with zero attached hydrogens (tertiary/aromatic N) is 1. The Hall–Kier alpha value is -2.31. The molecule has 0 unspecified atom stereocenters. The second-order valence-corrected chi connectivity index (χ2v) is 5.40. The third-order valence-electron chi connectivity index (χ3n) is 3.01. The molecular formula is C15H13Cl2N3O3. The van der Waals surface area contributed by atoms with Crippen LogP contribution in [-0.2, 0) is 0 Å². The highest BCUT2D eigenvalue weighted by molar-refractivity contribution is 6.42. The van der Waals surface area contributed by atoms with E-state index in [9.17, 15) is 14.9 Å². The lowest BCUT2D eigenvalue weighted by molar-refractivity contribution is -0.384. The van der Waals surface area contributed by atoms with Gasteiger partial charge < -0.3 is 10.6 Å². The Morgan fingerprint density at radius 1 is 1.09 bits per heavy atom. The van der Waals surface area contributed by atoms with Gasteiger partial charge in [-0.25, -0.2) is 0 Å². The lowest BCUT2D eigenvalue weighted by atomic mass is 10.2. The van der Waals surface area contributed by atoms with Crippen molar-refractivity contribution < 1.29 is 9.72 Å². The Labute approximate surface area is 142 Å². The molecule has 8 heteroatoms. The van der Waals surface area contributed by atoms with Gasteiger partial charge in [-0.1, -0.05) is 35.3 Å². The molecule has 0 aliphatic heterocycles. The van der Waals surface area contributed by atoms with Crippen molar-refractivity contribution in [2.45, 2.75) is 0 Å². The summed E-state index contributed by atoms with van der Waals surface area (Å²) in [4.78, 5) is 22.4. The molecule has 2 aromatic rings. The van der Waals surface area contributed by atoms with Gasteiger partial charge in [0.15, 0.2) is 0 Å². The average molecular weight is 354 g/mol. The fourth-order valence-corrected chi connectivity index (χ4v) is 2.19. The molecule has 2 N–H and O–H groups in total. The van der Waals surface area contributed by atoms with E-state index in [0.717, 1.165) is 0 Å². The van der Waals surface area contributed by atoms with Crippen LogP contribution in [0, 0.1) is 10.1 Å². The van der Waals surface area contributed by atoms with E-state index in [4.69, 9.17) is 23.2 Å². The van der Waals surface area contributed by atoms with Crippen LogP contribution in [0.15, 0.2) is 42.5 Å². The zero-order chi connectivity index (χ0) is 16.8. The van der Waals surface area contributed by atoms with E-state index >= 15 is 0 Å². The van der Waals surface area contributed by atoms with Gasteiger partial charge in [0, 0.05) is 24.7 Å². The monoisotopic (exact) mass is 353 g/mol. The molecule has 23 heavy (non-hydrogen) atoms. The Kier molecular flexibility index (Phi) is 5.78. The zero-order valence-electron chi connectivity index (χ0n) is 11.9. The minimum atomic E-state index is -0.462. The van der Waals surface area contributed by atoms with Gasteiger partial charge in [0.1, 0.15) is 5.69 Å². The van der Waals surface area contributed by atoms with Crippen molar-refractivity contribution in [1.82, 2.24) is 5.32 Å². The molecule has 0 radical (unpaired) electrons. The number of benzene rings is 2. The average Bonchev–Trinajstić information content (AvgIpc) is 2.54. The molecule has 120 valence electrons. The minimum absolute atomic E-state index is 0.0108. The van der Waals surface area contributed by atoms with Crippen LogP contribution < -0.4 is 10.6 Å². The van der Waals surface area contributed by atoms with Crippen molar-refractivity contribution in [1.29, 1.82) is 0 Å². The third-order valence-corrected chi connectivity index (χ3v) is 3.75. The second kappa shape index (κ2) is 7.80. The number of anilines is 1. The SMILES string of the molecule is O=C(NCCNc1ccccc1[N+](=O)[O-])c1ccc(Cl)c(Cl)c1. The standard InChI is InChI=1S/C15H13Cl2N3O3/c16-11-6-5-10(9-12(11)17)15(21)19-8-7-18-13-3-1-2-4-14(13)20(22)23/h1-6,9,18H,7-8H2,(H,19,21). The van der Waals surface area contributed by atoms with Crippen molar-refractivity contribution in [3.63, 3.8) is 0 Å². The zero-order valence-corrected chi connectivity index (χ0v) is 13.4. The lowest BCUT2D eigenvalue weighted by Gasteiger charge is -2.09. The highest BCUT2D eigenvalue weighted by atomic mass is 35.5. The van der Waals surface area contributed by atoms with Crippen LogP contribution in [0.4, 0.5) is 11.4 Å². The first-order valence-electron chi connectivity index (χ1n) is 6.69. The molecule has 0 aliphatic rings. The number of nitro benzene ring substituents is 1. The predicted octanol–water partition coefficient (Wildman–Crippen LogP) is 3.74. The molecule has 0 bridgehead atoms. The Balaban J connectivity index is 1.87. The van der Waals surface area contributed by atoms with Crippen molar-refractivity contribution in [3.8, 4) is 0 Å². The van der Waals surface area contributed by atoms with Gasteiger partial charge in [-0.15, -0.1) is 0 Å². The van der Waals surface area contributed by atoms with E-state index in [1.807, 2.05) is 0 Å². The summed E-state index contributed by atoms with van der Waals surface area (Å²) < 4.78 is 0. The summed E-state index contributed by atoms with van der Waals surface area (Å²) in [6.07, 6.45) is 0. The van der Waals surface area contributed by atoms with Crippen LogP contribution in [0.25, 0.3) is 0 Å². The smallest absolute Gasteiger partial charge is 0.292 e. The summed E-state index contributed by atoms with van der Waals surface area (Å²) >= 11 is 11.6. The van der Waals surface area contributed by atoms with Crippen LogP contribution in [0.1, 0.15) is 10.4 Å². The molecule has 0 saturated heterocycles. The summed E-state index contributed by atoms with van der Waals surface area (Å²) in [5.74, 6) is -0.298. The van der Waals surface area contributed by atoms with Crippen molar-refractivity contribution in [3.05, 3.63) is 68.2 Å². The minimum Gasteiger partial charge on any atom is -0.378 e. The summed E-state index contributed by atoms with van der Waals surface area (Å²) in [7, 11) is 0. The molecule has 2 rings (SSSR count). The highest BCUT2D eigenvalue weighted by Gasteiger charge is 2.12. The maximum atomic E-state index is 11.9. The molecule has 0 aromatic heterocycles. The maximum Gasteiger partial charge on any atom is 0.292 e. The third kappa shape index (κ3) is 4.58. The van der Waals surface area contributed by atoms with Gasteiger partial charge in [-0.3, -0.25) is 14.9 Å². The number of hydrogen-bond donors (Lipinski definition) is 2. The Bertz CT molecular complexity index is 738. The fourth-order valence-electron chi connectivity index (χ4n) is 1.89. The first-order chi connectivity index (χ1) is 11.0. The van der Waals surface area contributed by atoms with Crippen LogP contribution in [0.2, 0.25) is 10.0 Å². The predicted molar refractivity (Wildman–Crippen MR) is 90.4 cm³/mol. The van der Waals surface area contributed by atoms with Crippen LogP contribution in [-0.4, -0.2) is 23.9 Å². The number of carbonyl (C=O) groups is 1. The first kappa shape index (κ1) is 17.1. The van der Waals surface area contributed by atoms with Crippen LogP contribution >= 0.6 is 23.2 Å². The number of amides is 1. The van der Waals surface area contributed by atoms with Crippen LogP contribution in [0.5, 0.6) is 0 Å². The molecule has 1 amide bonds. The second-order valence-electron chi connectivity index (χ2n) is 4.59. The maximum absolute atomic E-state index is 11.9. The molecule has 0 aliphatic carbocycles. The number of nitrogens with one attached hydrogen (secondary N) is 2. The molecule has 0 heterocycles. The fraction of sp³-hybridized carbons (Fsp3) is 0.133. The van der Waals surface area contributed by atoms with Gasteiger partial charge >= 0.3 is 0 Å². The molecular weight excluding hydrogens is 341 g/mol. The largest absolute Gasteiger partial charge is 0.378 e. The number of rotatable bonds is 6. The van der Waals surface area contributed by atoms with E-state index in [-0.39, 0.29) is 11.6 Å². The summed E-state index contributed by atoms with van der Waals surface area (Å²) in [6.45, 7) is 0.642. The molecule has 2 aromatic carbocycles. The van der Waals surface area contributed by atoms with Gasteiger partial charge in [0.2, 0.25) is 0 Å². The number of carbonyl (C=O) groups excluding carboxylic acids is 1. The van der Waals surface area contributed by atoms with E-state index in [2.05, 4.69) is 10.6 Å². The van der Waals surface area contributed by atoms with E-state index in [1.165, 1.54) is 12.1 Å². The highest BCUT2D eigenvalue weighted by Crippen LogP contribution is 2.23. The quantitative estimate of drug-likeness (QED) is 0.470. The number of nitro groups is 1. The summed E-state index contributed by atoms with van der Waals surface area (Å²) in [6, 6.07) is 10.9. The lowest BCUT2D eigenvalue weighted by Crippen LogP contribution is -2.28. The molecule has 0 saturated carbocycles. The van der Waals surface area contributed by atoms with Gasteiger partial charge in [-0.05, 0) is 24.3 Å². The van der Waals surface area contributed by atoms with E-state index < -0.39 is 4.92 Å². The number of para-hydroxylation sites is 2. The van der Waals surface area contributed by atoms with Crippen molar-refractivity contribution >= 4 is 40.5 Å². The van der Waals surface area contributed by atoms with Gasteiger partial charge in [0.25, 0.3) is 11.6 Å². The van der Waals surface area contributed by atoms with E-state index in [0.29, 0.717) is 34.4 Å². The molecule has 6 nitrogen and oxygen atoms in total. The van der Waals surface area contributed by atoms with E-state index in [1.54, 1.807) is 30.3 Å². The normalized spacial score (nSPS) is 10.2. The Morgan fingerprint density at radius 3 is 2.52 bits per heavy atom. The van der Waals surface area contributed by atoms with Crippen molar-refractivity contribution in [2.24, 2.45) is 0 Å². The van der Waals surface area contributed by atoms with Crippen molar-refractivity contribution in [2.75, 3.05) is 18.4 Å². The summed E-state index contributed by atoms with van der Waals surface area (Å²) in [5.41, 5.74) is 0.787. The van der Waals surface area contributed by atoms with Crippen LogP contribution in [0.3, 0.4) is 0 Å². The number of halogens is 2. The van der Waals surface area contributed by atoms with Gasteiger partial charge in [-0.2, -0.15) is 0 Å². The molecule has 0 fully saturated rings. The topological polar surface area (TPSA) is 84.3 Å². The summed E-state index contributed by atoms with van der Waals surface area (Å²) in [5, 5.41) is 17.2. The first-order valence-corrected chi connectivity index (χ1v) is 7.45. The van der Waals surface area contributed by atoms with Gasteiger partial charge in [0.05, 0.1) is 15.0 Å². The Morgan fingerprint density at radius 2 is 1.83 bits per heavy atom. The molecule has 0 spiro atoms. The number of hydrogen-bond acceptors (Lipinski definition) is 4. The molecule has 0 atom stereocenters.